The molecule has 2 saturated heterocycles. The van der Waals surface area contributed by atoms with E-state index < -0.39 is 116 Å². The minimum atomic E-state index is -1.50. The van der Waals surface area contributed by atoms with Gasteiger partial charge < -0.3 is 62.9 Å². The van der Waals surface area contributed by atoms with Crippen LogP contribution in [0.3, 0.4) is 0 Å². The van der Waals surface area contributed by atoms with E-state index >= 15 is 0 Å². The summed E-state index contributed by atoms with van der Waals surface area (Å²) in [6, 6.07) is -0.764. The predicted octanol–water partition coefficient (Wildman–Crippen LogP) is 3.40. The van der Waals surface area contributed by atoms with Crippen LogP contribution in [0.25, 0.3) is 0 Å². The molecule has 3 aliphatic rings. The van der Waals surface area contributed by atoms with E-state index in [2.05, 4.69) is 0 Å². The molecule has 0 aromatic heterocycles. The third-order valence-electron chi connectivity index (χ3n) is 11.0. The van der Waals surface area contributed by atoms with E-state index in [0.29, 0.717) is 6.42 Å². The van der Waals surface area contributed by atoms with Crippen LogP contribution in [-0.4, -0.2) is 151 Å². The molecule has 0 aliphatic carbocycles. The average molecular weight is 842 g/mol. The van der Waals surface area contributed by atoms with E-state index in [1.807, 2.05) is 26.8 Å². The molecule has 0 amide bonds. The Labute approximate surface area is 349 Å². The summed E-state index contributed by atoms with van der Waals surface area (Å²) in [6.45, 7) is 14.0. The van der Waals surface area contributed by atoms with Crippen molar-refractivity contribution < 1.29 is 72.4 Å². The number of carbonyl (C=O) groups excluding carboxylic acids is 4. The van der Waals surface area contributed by atoms with Crippen LogP contribution in [0, 0.1) is 17.8 Å². The Hall–Kier alpha value is -2.80. The number of hydrogen-bond acceptors (Lipinski definition) is 16. The number of cyclic esters (lactones) is 1. The molecular weight excluding hydrogens is 770 g/mol. The molecule has 10 unspecified atom stereocenters. The third-order valence-corrected chi connectivity index (χ3v) is 11.0. The minimum absolute atomic E-state index is 0.00123. The summed E-state index contributed by atoms with van der Waals surface area (Å²) in [5.74, 6) is -2.40. The summed E-state index contributed by atoms with van der Waals surface area (Å²) in [5, 5.41) is 34.0. The van der Waals surface area contributed by atoms with Crippen LogP contribution in [0.1, 0.15) is 100 Å². The number of rotatable bonds is 13. The smallest absolute Gasteiger partial charge is 0.309 e. The lowest BCUT2D eigenvalue weighted by atomic mass is 9.84. The molecule has 59 heavy (non-hydrogen) atoms. The van der Waals surface area contributed by atoms with Crippen molar-refractivity contribution in [2.24, 2.45) is 17.8 Å². The number of nitrogens with zero attached hydrogens (tertiary/aromatic N) is 1. The van der Waals surface area contributed by atoms with Gasteiger partial charge in [0.2, 0.25) is 0 Å². The average Bonchev–Trinajstić information content (AvgIpc) is 3.12. The Balaban J connectivity index is 1.98. The van der Waals surface area contributed by atoms with Gasteiger partial charge in [-0.05, 0) is 66.0 Å². The molecule has 3 N–H and O–H groups in total. The SMILES string of the molecule is CCC(=O)O[C@@H]1CC(=O)O[C@H](C)CC(O)/C=C/C=C\[C@H](C)C[C@H](CC=O)[C@H](OC2OC(C)C(OC3CC(C)(O)C(OC(=O)CC(C)C)C(C)O3)C(N(C)C)C2O)[C@H]1OC. The number of aldehydes is 1. The summed E-state index contributed by atoms with van der Waals surface area (Å²) in [6.07, 6.45) is -3.91. The second-order valence-electron chi connectivity index (χ2n) is 17.2. The number of esters is 3. The minimum Gasteiger partial charge on any atom is -0.462 e. The summed E-state index contributed by atoms with van der Waals surface area (Å²) >= 11 is 0. The van der Waals surface area contributed by atoms with Gasteiger partial charge >= 0.3 is 17.9 Å². The highest BCUT2D eigenvalue weighted by atomic mass is 16.7. The number of hydrogen-bond donors (Lipinski definition) is 3. The number of aliphatic hydroxyl groups is 3. The maximum atomic E-state index is 13.4. The van der Waals surface area contributed by atoms with E-state index in [9.17, 15) is 34.5 Å². The molecule has 16 heteroatoms. The molecule has 0 saturated carbocycles. The first-order chi connectivity index (χ1) is 27.7. The molecule has 16 atom stereocenters. The van der Waals surface area contributed by atoms with E-state index in [1.54, 1.807) is 71.8 Å². The fourth-order valence-electron chi connectivity index (χ4n) is 8.21. The zero-order valence-electron chi connectivity index (χ0n) is 36.8. The first kappa shape index (κ1) is 50.6. The fraction of sp³-hybridized carbons (Fsp3) is 0.814. The third kappa shape index (κ3) is 15.0. The van der Waals surface area contributed by atoms with Gasteiger partial charge in [0.05, 0.1) is 36.9 Å². The van der Waals surface area contributed by atoms with Gasteiger partial charge in [-0.3, -0.25) is 14.4 Å². The van der Waals surface area contributed by atoms with Crippen molar-refractivity contribution in [1.29, 1.82) is 0 Å². The number of aliphatic hydroxyl groups excluding tert-OH is 2. The zero-order valence-corrected chi connectivity index (χ0v) is 36.8. The summed E-state index contributed by atoms with van der Waals surface area (Å²) in [7, 11) is 4.90. The molecule has 0 aromatic rings. The van der Waals surface area contributed by atoms with Gasteiger partial charge in [0.15, 0.2) is 18.7 Å². The number of methoxy groups -OCH3 is 1. The molecule has 3 aliphatic heterocycles. The number of allylic oxidation sites excluding steroid dienone is 3. The predicted molar refractivity (Wildman–Crippen MR) is 214 cm³/mol. The Morgan fingerprint density at radius 3 is 2.24 bits per heavy atom. The molecule has 2 fully saturated rings. The van der Waals surface area contributed by atoms with E-state index in [0.717, 1.165) is 6.29 Å². The van der Waals surface area contributed by atoms with Crippen LogP contribution in [0.5, 0.6) is 0 Å². The Kier molecular flexibility index (Phi) is 20.1. The standard InChI is InChI=1S/C43H71NO15/c1-12-32(47)56-31-22-34(49)53-26(5)21-30(46)16-14-13-15-25(4)20-29(17-18-45)39(40(31)52-11)59-42-37(50)36(44(9)10)38(27(6)55-42)58-35-23-43(8,51)41(28(7)54-35)57-33(48)19-24(2)3/h13-16,18,24-31,35-42,46,50-51H,12,17,19-23H2,1-11H3/b15-13-,16-14+/t25-,26+,27?,28?,29-,30?,31+,35?,36?,37?,38?,39-,40-,41?,42?,43?/m0/s1. The molecule has 0 aromatic carbocycles. The van der Waals surface area contributed by atoms with Crippen LogP contribution in [0.15, 0.2) is 24.3 Å². The first-order valence-electron chi connectivity index (χ1n) is 21.0. The van der Waals surface area contributed by atoms with Crippen LogP contribution >= 0.6 is 0 Å². The summed E-state index contributed by atoms with van der Waals surface area (Å²) in [5.41, 5.74) is -1.50. The van der Waals surface area contributed by atoms with Crippen molar-refractivity contribution in [2.75, 3.05) is 21.2 Å². The highest BCUT2D eigenvalue weighted by Crippen LogP contribution is 2.37. The van der Waals surface area contributed by atoms with Crippen molar-refractivity contribution in [2.45, 2.75) is 186 Å². The molecule has 3 heterocycles. The van der Waals surface area contributed by atoms with Gasteiger partial charge in [0.1, 0.15) is 42.4 Å². The first-order valence-corrected chi connectivity index (χ1v) is 21.0. The molecule has 3 rings (SSSR count). The molecule has 0 radical (unpaired) electrons. The van der Waals surface area contributed by atoms with Crippen LogP contribution in [0.2, 0.25) is 0 Å². The number of likely N-dealkylation sites (N-methyl/N-ethyl adjacent to an activating group) is 1. The second kappa shape index (κ2) is 23.4. The van der Waals surface area contributed by atoms with Crippen molar-refractivity contribution in [1.82, 2.24) is 4.90 Å². The zero-order chi connectivity index (χ0) is 44.2. The van der Waals surface area contributed by atoms with E-state index in [-0.39, 0.29) is 43.9 Å². The molecule has 16 nitrogen and oxygen atoms in total. The number of ether oxygens (including phenoxy) is 8. The fourth-order valence-corrected chi connectivity index (χ4v) is 8.21. The normalized spacial score (nSPS) is 40.2. The van der Waals surface area contributed by atoms with Gasteiger partial charge in [-0.25, -0.2) is 0 Å². The Bertz CT molecular complexity index is 1400. The van der Waals surface area contributed by atoms with Crippen LogP contribution in [-0.2, 0) is 57.1 Å². The van der Waals surface area contributed by atoms with Crippen molar-refractivity contribution >= 4 is 24.2 Å². The van der Waals surface area contributed by atoms with Crippen molar-refractivity contribution in [3.05, 3.63) is 24.3 Å². The second-order valence-corrected chi connectivity index (χ2v) is 17.2. The maximum Gasteiger partial charge on any atom is 0.309 e. The van der Waals surface area contributed by atoms with E-state index in [4.69, 9.17) is 37.9 Å². The number of carbonyl (C=O) groups is 4. The summed E-state index contributed by atoms with van der Waals surface area (Å²) < 4.78 is 48.9. The van der Waals surface area contributed by atoms with E-state index in [1.165, 1.54) is 7.11 Å². The van der Waals surface area contributed by atoms with Gasteiger partial charge in [0, 0.05) is 39.2 Å². The monoisotopic (exact) mass is 841 g/mol. The topological polar surface area (TPSA) is 206 Å². The maximum absolute atomic E-state index is 13.4. The summed E-state index contributed by atoms with van der Waals surface area (Å²) in [4.78, 5) is 52.8. The van der Waals surface area contributed by atoms with Crippen molar-refractivity contribution in [3.8, 4) is 0 Å². The quantitative estimate of drug-likeness (QED) is 0.138. The van der Waals surface area contributed by atoms with Gasteiger partial charge in [0.25, 0.3) is 0 Å². The Morgan fingerprint density at radius 2 is 1.64 bits per heavy atom. The van der Waals surface area contributed by atoms with Crippen LogP contribution in [0.4, 0.5) is 0 Å². The lowest BCUT2D eigenvalue weighted by molar-refractivity contribution is -0.344. The lowest BCUT2D eigenvalue weighted by Crippen LogP contribution is -2.66. The van der Waals surface area contributed by atoms with Gasteiger partial charge in [-0.1, -0.05) is 52.0 Å². The molecule has 0 spiro atoms. The van der Waals surface area contributed by atoms with Crippen molar-refractivity contribution in [3.63, 3.8) is 0 Å². The van der Waals surface area contributed by atoms with Crippen LogP contribution < -0.4 is 0 Å². The van der Waals surface area contributed by atoms with Gasteiger partial charge in [-0.15, -0.1) is 0 Å². The lowest BCUT2D eigenvalue weighted by Gasteiger charge is -2.50. The molecule has 338 valence electrons. The molecule has 0 bridgehead atoms. The highest BCUT2D eigenvalue weighted by molar-refractivity contribution is 5.72. The highest BCUT2D eigenvalue weighted by Gasteiger charge is 2.53. The van der Waals surface area contributed by atoms with Gasteiger partial charge in [-0.2, -0.15) is 0 Å². The largest absolute Gasteiger partial charge is 0.462 e. The molecular formula is C43H71NO15. The Morgan fingerprint density at radius 1 is 0.966 bits per heavy atom.